The molecule has 11 heteroatoms. The van der Waals surface area contributed by atoms with Gasteiger partial charge in [0.2, 0.25) is 0 Å². The van der Waals surface area contributed by atoms with Gasteiger partial charge in [0.15, 0.2) is 5.82 Å². The molecule has 41 heavy (non-hydrogen) atoms. The van der Waals surface area contributed by atoms with Crippen molar-refractivity contribution in [1.29, 1.82) is 0 Å². The van der Waals surface area contributed by atoms with Crippen molar-refractivity contribution in [3.8, 4) is 11.6 Å². The normalized spacial score (nSPS) is 18.1. The number of carbonyl (C=O) groups excluding carboxylic acids is 1. The minimum Gasteiger partial charge on any atom is -0.434 e. The van der Waals surface area contributed by atoms with E-state index < -0.39 is 5.82 Å². The molecule has 0 bridgehead atoms. The highest BCUT2D eigenvalue weighted by atomic mass is 19.1. The lowest BCUT2D eigenvalue weighted by molar-refractivity contribution is -0.0500. The highest BCUT2D eigenvalue weighted by Gasteiger charge is 2.50. The van der Waals surface area contributed by atoms with Crippen LogP contribution in [-0.4, -0.2) is 103 Å². The molecule has 0 radical (unpaired) electrons. The Morgan fingerprint density at radius 3 is 2.61 bits per heavy atom. The number of carbonyl (C=O) groups is 1. The van der Waals surface area contributed by atoms with Crippen LogP contribution in [0.3, 0.4) is 0 Å². The number of nitrogens with one attached hydrogen (secondary N) is 1. The molecule has 226 valence electrons. The molecule has 1 aromatic heterocycles. The number of hydrogen-bond acceptors (Lipinski definition) is 9. The van der Waals surface area contributed by atoms with Gasteiger partial charge in [0.1, 0.15) is 17.9 Å². The average molecular weight is 572 g/mol. The number of likely N-dealkylation sites (N-methyl/N-ethyl adjacent to an activating group) is 1. The van der Waals surface area contributed by atoms with Gasteiger partial charge >= 0.3 is 0 Å². The number of halogens is 1. The van der Waals surface area contributed by atoms with E-state index in [1.54, 1.807) is 12.0 Å². The van der Waals surface area contributed by atoms with Crippen molar-refractivity contribution in [3.63, 3.8) is 0 Å². The smallest absolute Gasteiger partial charge is 0.282 e. The van der Waals surface area contributed by atoms with Crippen LogP contribution in [0.4, 0.5) is 10.2 Å². The number of nitrogens with zero attached hydrogens (tertiary/aromatic N) is 6. The van der Waals surface area contributed by atoms with E-state index in [-0.39, 0.29) is 40.7 Å². The van der Waals surface area contributed by atoms with Gasteiger partial charge in [-0.25, -0.2) is 9.37 Å². The lowest BCUT2D eigenvalue weighted by Gasteiger charge is -2.53. The fourth-order valence-corrected chi connectivity index (χ4v) is 6.33. The molecule has 10 nitrogen and oxygen atoms in total. The molecule has 2 aliphatic rings. The number of ether oxygens (including phenoxy) is 2. The summed E-state index contributed by atoms with van der Waals surface area (Å²) in [7, 11) is 3.75. The maximum absolute atomic E-state index is 14.2. The predicted molar refractivity (Wildman–Crippen MR) is 157 cm³/mol. The van der Waals surface area contributed by atoms with E-state index in [1.807, 2.05) is 27.8 Å². The van der Waals surface area contributed by atoms with E-state index in [0.29, 0.717) is 24.3 Å². The van der Waals surface area contributed by atoms with Crippen LogP contribution >= 0.6 is 0 Å². The molecule has 2 atom stereocenters. The highest BCUT2D eigenvalue weighted by molar-refractivity contribution is 5.97. The summed E-state index contributed by atoms with van der Waals surface area (Å²) in [4.78, 5) is 24.3. The Kier molecular flexibility index (Phi) is 10.1. The third kappa shape index (κ3) is 6.95. The van der Waals surface area contributed by atoms with Gasteiger partial charge in [0.05, 0.1) is 11.7 Å². The van der Waals surface area contributed by atoms with Gasteiger partial charge in [-0.15, -0.1) is 10.2 Å². The Morgan fingerprint density at radius 1 is 1.22 bits per heavy atom. The van der Waals surface area contributed by atoms with Crippen LogP contribution in [0.1, 0.15) is 57.8 Å². The molecular formula is C30H46FN7O3. The standard InChI is InChI=1S/C30H46FN7O3/c1-8-38(21(4)5)29(39)24-13-22(31)9-10-26(24)41-28-27(33-19-34-35-28)36-12-11-30(16-36)17-37(18-30)25(20(2)3)14-23(40-7)15-32-6/h9-10,13,19-21,23,25,32H,8,11-12,14-18H2,1-7H3/t23-,25-/m1/s1. The predicted octanol–water partition coefficient (Wildman–Crippen LogP) is 3.83. The number of amides is 1. The SMILES string of the molecule is CCN(C(=O)c1cc(F)ccc1Oc1nncnc1N1CCC2(C1)CN([C@H](C[C@H](CNC)OC)C(C)C)C2)C(C)C. The van der Waals surface area contributed by atoms with E-state index in [0.717, 1.165) is 45.6 Å². The number of likely N-dealkylation sites (tertiary alicyclic amines) is 1. The molecule has 4 rings (SSSR count). The maximum Gasteiger partial charge on any atom is 0.282 e. The average Bonchev–Trinajstić information content (AvgIpc) is 3.37. The summed E-state index contributed by atoms with van der Waals surface area (Å²) in [6.07, 6.45) is 3.63. The van der Waals surface area contributed by atoms with Crippen LogP contribution in [0.5, 0.6) is 11.6 Å². The van der Waals surface area contributed by atoms with E-state index in [4.69, 9.17) is 9.47 Å². The second-order valence-corrected chi connectivity index (χ2v) is 12.1. The molecule has 1 N–H and O–H groups in total. The monoisotopic (exact) mass is 571 g/mol. The van der Waals surface area contributed by atoms with E-state index in [1.165, 1.54) is 24.5 Å². The van der Waals surface area contributed by atoms with E-state index in [9.17, 15) is 9.18 Å². The summed E-state index contributed by atoms with van der Waals surface area (Å²) >= 11 is 0. The van der Waals surface area contributed by atoms with Crippen molar-refractivity contribution in [1.82, 2.24) is 30.3 Å². The Morgan fingerprint density at radius 2 is 1.98 bits per heavy atom. The van der Waals surface area contributed by atoms with E-state index in [2.05, 4.69) is 44.1 Å². The molecule has 2 aliphatic heterocycles. The lowest BCUT2D eigenvalue weighted by atomic mass is 9.76. The highest BCUT2D eigenvalue weighted by Crippen LogP contribution is 2.44. The van der Waals surface area contributed by atoms with Crippen LogP contribution in [-0.2, 0) is 4.74 Å². The Hall–Kier alpha value is -2.89. The zero-order chi connectivity index (χ0) is 29.7. The largest absolute Gasteiger partial charge is 0.434 e. The van der Waals surface area contributed by atoms with Gasteiger partial charge in [0.25, 0.3) is 11.8 Å². The fraction of sp³-hybridized carbons (Fsp3) is 0.667. The third-order valence-corrected chi connectivity index (χ3v) is 8.50. The first kappa shape index (κ1) is 31.1. The van der Waals surface area contributed by atoms with Crippen molar-refractivity contribution in [2.75, 3.05) is 58.3 Å². The first-order valence-corrected chi connectivity index (χ1v) is 14.7. The minimum atomic E-state index is -0.503. The number of rotatable bonds is 13. The van der Waals surface area contributed by atoms with Crippen LogP contribution in [0.15, 0.2) is 24.5 Å². The molecule has 2 aromatic rings. The first-order valence-electron chi connectivity index (χ1n) is 14.7. The second kappa shape index (κ2) is 13.4. The molecule has 1 aromatic carbocycles. The Bertz CT molecular complexity index is 1170. The molecule has 0 saturated carbocycles. The summed E-state index contributed by atoms with van der Waals surface area (Å²) in [6, 6.07) is 4.38. The van der Waals surface area contributed by atoms with Gasteiger partial charge in [-0.1, -0.05) is 13.8 Å². The van der Waals surface area contributed by atoms with Gasteiger partial charge in [-0.2, -0.15) is 0 Å². The molecule has 1 spiro atoms. The molecule has 2 fully saturated rings. The topological polar surface area (TPSA) is 96.0 Å². The second-order valence-electron chi connectivity index (χ2n) is 12.1. The maximum atomic E-state index is 14.2. The lowest BCUT2D eigenvalue weighted by Crippen LogP contribution is -2.62. The molecule has 0 aliphatic carbocycles. The van der Waals surface area contributed by atoms with Gasteiger partial charge < -0.3 is 24.6 Å². The number of hydrogen-bond donors (Lipinski definition) is 1. The summed E-state index contributed by atoms with van der Waals surface area (Å²) in [5.41, 5.74) is 0.327. The number of benzene rings is 1. The van der Waals surface area contributed by atoms with Gasteiger partial charge in [0, 0.05) is 63.9 Å². The summed E-state index contributed by atoms with van der Waals surface area (Å²) in [6.45, 7) is 15.4. The zero-order valence-electron chi connectivity index (χ0n) is 25.6. The zero-order valence-corrected chi connectivity index (χ0v) is 25.6. The summed E-state index contributed by atoms with van der Waals surface area (Å²) in [5.74, 6) is 0.757. The van der Waals surface area contributed by atoms with Crippen LogP contribution in [0.25, 0.3) is 0 Å². The van der Waals surface area contributed by atoms with Gasteiger partial charge in [-0.05, 0) is 64.8 Å². The Labute approximate surface area is 243 Å². The number of aromatic nitrogens is 3. The van der Waals surface area contributed by atoms with E-state index >= 15 is 0 Å². The van der Waals surface area contributed by atoms with Crippen LogP contribution < -0.4 is 15.0 Å². The fourth-order valence-electron chi connectivity index (χ4n) is 6.33. The number of methoxy groups -OCH3 is 1. The van der Waals surface area contributed by atoms with Crippen LogP contribution in [0.2, 0.25) is 0 Å². The first-order chi connectivity index (χ1) is 19.6. The minimum absolute atomic E-state index is 0.0424. The van der Waals surface area contributed by atoms with Crippen molar-refractivity contribution in [2.24, 2.45) is 11.3 Å². The molecule has 2 saturated heterocycles. The molecule has 1 amide bonds. The van der Waals surface area contributed by atoms with Crippen LogP contribution in [0, 0.1) is 17.2 Å². The molecule has 3 heterocycles. The molecular weight excluding hydrogens is 525 g/mol. The number of anilines is 1. The molecule has 0 unspecified atom stereocenters. The summed E-state index contributed by atoms with van der Waals surface area (Å²) in [5, 5.41) is 11.4. The third-order valence-electron chi connectivity index (χ3n) is 8.50. The van der Waals surface area contributed by atoms with Crippen molar-refractivity contribution in [3.05, 3.63) is 35.9 Å². The quantitative estimate of drug-likeness (QED) is 0.385. The van der Waals surface area contributed by atoms with Gasteiger partial charge in [-0.3, -0.25) is 9.69 Å². The van der Waals surface area contributed by atoms with Crippen molar-refractivity contribution < 1.29 is 18.7 Å². The van der Waals surface area contributed by atoms with Crippen molar-refractivity contribution in [2.45, 2.75) is 65.6 Å². The Balaban J connectivity index is 1.48. The van der Waals surface area contributed by atoms with Crippen molar-refractivity contribution >= 4 is 11.7 Å². The summed E-state index contributed by atoms with van der Waals surface area (Å²) < 4.78 is 26.1.